The maximum absolute atomic E-state index is 14.6. The maximum atomic E-state index is 14.6. The third-order valence-electron chi connectivity index (χ3n) is 5.50. The molecule has 0 aromatic carbocycles. The quantitative estimate of drug-likeness (QED) is 0.804. The highest BCUT2D eigenvalue weighted by Gasteiger charge is 2.32. The summed E-state index contributed by atoms with van der Waals surface area (Å²) in [6.45, 7) is 5.69. The second-order valence-electron chi connectivity index (χ2n) is 7.12. The highest BCUT2D eigenvalue weighted by Crippen LogP contribution is 2.35. The zero-order chi connectivity index (χ0) is 18.8. The normalized spacial score (nSPS) is 24.1. The molecule has 7 nitrogen and oxygen atoms in total. The molecule has 2 aromatic rings. The van der Waals surface area contributed by atoms with Gasteiger partial charge in [-0.2, -0.15) is 0 Å². The monoisotopic (exact) mass is 373 g/mol. The number of carbonyl (C=O) groups is 1. The Morgan fingerprint density at radius 2 is 2.19 bits per heavy atom. The van der Waals surface area contributed by atoms with Crippen LogP contribution in [0, 0.1) is 0 Å². The van der Waals surface area contributed by atoms with Crippen LogP contribution in [0.5, 0.6) is 0 Å². The van der Waals surface area contributed by atoms with E-state index in [2.05, 4.69) is 26.8 Å². The van der Waals surface area contributed by atoms with Gasteiger partial charge in [0.2, 0.25) is 5.91 Å². The molecule has 2 aromatic heterocycles. The maximum Gasteiger partial charge on any atom is 0.246 e. The van der Waals surface area contributed by atoms with Crippen molar-refractivity contribution in [3.8, 4) is 0 Å². The number of hydrogen-bond donors (Lipinski definition) is 2. The van der Waals surface area contributed by atoms with Gasteiger partial charge in [-0.1, -0.05) is 6.58 Å². The molecule has 2 saturated heterocycles. The molecule has 4 heterocycles. The number of rotatable bonds is 4. The van der Waals surface area contributed by atoms with E-state index in [9.17, 15) is 9.18 Å². The summed E-state index contributed by atoms with van der Waals surface area (Å²) in [5.41, 5.74) is 1.88. The van der Waals surface area contributed by atoms with Crippen LogP contribution >= 0.6 is 0 Å². The van der Waals surface area contributed by atoms with Crippen LogP contribution in [-0.2, 0) is 9.53 Å². The van der Waals surface area contributed by atoms with Gasteiger partial charge in [0.15, 0.2) is 0 Å². The second-order valence-corrected chi connectivity index (χ2v) is 7.12. The molecule has 2 aliphatic heterocycles. The molecular formula is C19H24FN5O2. The largest absolute Gasteiger partial charge is 0.381 e. The van der Waals surface area contributed by atoms with Crippen molar-refractivity contribution >= 4 is 22.8 Å². The van der Waals surface area contributed by atoms with Crippen LogP contribution in [0.25, 0.3) is 11.0 Å². The van der Waals surface area contributed by atoms with Crippen LogP contribution in [-0.4, -0.2) is 64.3 Å². The minimum atomic E-state index is -1.05. The third-order valence-corrected chi connectivity index (χ3v) is 5.50. The second kappa shape index (κ2) is 7.64. The van der Waals surface area contributed by atoms with E-state index in [-0.39, 0.29) is 12.5 Å². The predicted molar refractivity (Wildman–Crippen MR) is 100 cm³/mol. The minimum Gasteiger partial charge on any atom is -0.381 e. The first-order valence-corrected chi connectivity index (χ1v) is 9.39. The molecule has 27 heavy (non-hydrogen) atoms. The lowest BCUT2D eigenvalue weighted by atomic mass is 9.92. The molecule has 2 aliphatic rings. The molecule has 1 amide bonds. The van der Waals surface area contributed by atoms with E-state index in [1.807, 2.05) is 6.20 Å². The van der Waals surface area contributed by atoms with Crippen LogP contribution in [0.3, 0.4) is 0 Å². The van der Waals surface area contributed by atoms with Gasteiger partial charge >= 0.3 is 0 Å². The van der Waals surface area contributed by atoms with Crippen molar-refractivity contribution < 1.29 is 13.9 Å². The number of piperidine rings is 1. The predicted octanol–water partition coefficient (Wildman–Crippen LogP) is 2.39. The number of aromatic nitrogens is 3. The van der Waals surface area contributed by atoms with Crippen molar-refractivity contribution in [2.24, 2.45) is 0 Å². The average Bonchev–Trinajstić information content (AvgIpc) is 3.15. The van der Waals surface area contributed by atoms with Gasteiger partial charge in [0, 0.05) is 32.5 Å². The number of aromatic amines is 1. The molecule has 0 saturated carbocycles. The summed E-state index contributed by atoms with van der Waals surface area (Å²) >= 11 is 0. The molecule has 0 aliphatic carbocycles. The smallest absolute Gasteiger partial charge is 0.246 e. The molecular weight excluding hydrogens is 349 g/mol. The first kappa shape index (κ1) is 17.9. The summed E-state index contributed by atoms with van der Waals surface area (Å²) < 4.78 is 20.0. The van der Waals surface area contributed by atoms with E-state index in [0.29, 0.717) is 24.7 Å². The van der Waals surface area contributed by atoms with Crippen molar-refractivity contribution in [2.75, 3.05) is 31.6 Å². The summed E-state index contributed by atoms with van der Waals surface area (Å²) in [7, 11) is 0. The van der Waals surface area contributed by atoms with E-state index in [4.69, 9.17) is 4.74 Å². The van der Waals surface area contributed by atoms with Gasteiger partial charge in [0.1, 0.15) is 24.0 Å². The molecule has 144 valence electrons. The van der Waals surface area contributed by atoms with E-state index >= 15 is 0 Å². The SMILES string of the molecule is C=CC(=O)N1CC[C@H](F)[C@@H](Nc2ncnc3[nH]cc(C4CCOCC4)c23)C1. The molecule has 2 fully saturated rings. The number of amides is 1. The van der Waals surface area contributed by atoms with E-state index < -0.39 is 12.2 Å². The fraction of sp³-hybridized carbons (Fsp3) is 0.526. The number of nitrogens with one attached hydrogen (secondary N) is 2. The number of carbonyl (C=O) groups excluding carboxylic acids is 1. The number of alkyl halides is 1. The van der Waals surface area contributed by atoms with Gasteiger partial charge in [-0.05, 0) is 36.8 Å². The Labute approximate surface area is 157 Å². The number of likely N-dealkylation sites (tertiary alicyclic amines) is 1. The average molecular weight is 373 g/mol. The van der Waals surface area contributed by atoms with Crippen molar-refractivity contribution in [2.45, 2.75) is 37.4 Å². The fourth-order valence-electron chi connectivity index (χ4n) is 3.99. The number of ether oxygens (including phenoxy) is 1. The Hall–Kier alpha value is -2.48. The van der Waals surface area contributed by atoms with Gasteiger partial charge in [0.25, 0.3) is 0 Å². The summed E-state index contributed by atoms with van der Waals surface area (Å²) in [5, 5.41) is 4.15. The molecule has 0 spiro atoms. The molecule has 0 bridgehead atoms. The molecule has 0 unspecified atom stereocenters. The van der Waals surface area contributed by atoms with Gasteiger partial charge in [-0.15, -0.1) is 0 Å². The van der Waals surface area contributed by atoms with E-state index in [1.165, 1.54) is 12.4 Å². The zero-order valence-corrected chi connectivity index (χ0v) is 15.2. The molecule has 2 N–H and O–H groups in total. The lowest BCUT2D eigenvalue weighted by Gasteiger charge is -2.35. The minimum absolute atomic E-state index is 0.175. The number of fused-ring (bicyclic) bond motifs is 1. The fourth-order valence-corrected chi connectivity index (χ4v) is 3.99. The Bertz CT molecular complexity index is 833. The molecule has 4 rings (SSSR count). The number of H-pyrrole nitrogens is 1. The Morgan fingerprint density at radius 3 is 2.96 bits per heavy atom. The Balaban J connectivity index is 1.62. The lowest BCUT2D eigenvalue weighted by Crippen LogP contribution is -2.50. The first-order valence-electron chi connectivity index (χ1n) is 9.39. The van der Waals surface area contributed by atoms with Gasteiger partial charge in [0.05, 0.1) is 11.4 Å². The highest BCUT2D eigenvalue weighted by molar-refractivity contribution is 5.91. The van der Waals surface area contributed by atoms with Crippen LogP contribution in [0.15, 0.2) is 25.2 Å². The van der Waals surface area contributed by atoms with Crippen LogP contribution in [0.2, 0.25) is 0 Å². The number of hydrogen-bond acceptors (Lipinski definition) is 5. The standard InChI is InChI=1S/C19H24FN5O2/c1-2-16(26)25-6-3-14(20)15(10-25)24-19-17-13(12-4-7-27-8-5-12)9-21-18(17)22-11-23-19/h2,9,11-12,14-15H,1,3-8,10H2,(H2,21,22,23,24)/t14-,15-/m0/s1. The highest BCUT2D eigenvalue weighted by atomic mass is 19.1. The Kier molecular flexibility index (Phi) is 5.07. The van der Waals surface area contributed by atoms with Gasteiger partial charge in [-0.3, -0.25) is 4.79 Å². The number of nitrogens with zero attached hydrogens (tertiary/aromatic N) is 3. The summed E-state index contributed by atoms with van der Waals surface area (Å²) in [6.07, 6.45) is 5.85. The van der Waals surface area contributed by atoms with Crippen LogP contribution in [0.1, 0.15) is 30.7 Å². The third kappa shape index (κ3) is 3.53. The zero-order valence-electron chi connectivity index (χ0n) is 15.2. The van der Waals surface area contributed by atoms with Gasteiger partial charge < -0.3 is 19.9 Å². The van der Waals surface area contributed by atoms with Crippen LogP contribution in [0.4, 0.5) is 10.2 Å². The number of anilines is 1. The van der Waals surface area contributed by atoms with Crippen LogP contribution < -0.4 is 5.32 Å². The van der Waals surface area contributed by atoms with Gasteiger partial charge in [-0.25, -0.2) is 14.4 Å². The first-order chi connectivity index (χ1) is 13.2. The summed E-state index contributed by atoms with van der Waals surface area (Å²) in [5.74, 6) is 0.805. The van der Waals surface area contributed by atoms with E-state index in [0.717, 1.165) is 42.7 Å². The topological polar surface area (TPSA) is 83.1 Å². The lowest BCUT2D eigenvalue weighted by molar-refractivity contribution is -0.127. The van der Waals surface area contributed by atoms with Crippen molar-refractivity contribution in [3.05, 3.63) is 30.7 Å². The number of halogens is 1. The van der Waals surface area contributed by atoms with Crippen molar-refractivity contribution in [3.63, 3.8) is 0 Å². The van der Waals surface area contributed by atoms with Crippen molar-refractivity contribution in [1.29, 1.82) is 0 Å². The summed E-state index contributed by atoms with van der Waals surface area (Å²) in [6, 6.07) is -0.516. The Morgan fingerprint density at radius 1 is 1.37 bits per heavy atom. The molecule has 0 radical (unpaired) electrons. The van der Waals surface area contributed by atoms with E-state index in [1.54, 1.807) is 4.90 Å². The molecule has 2 atom stereocenters. The molecule has 8 heteroatoms. The van der Waals surface area contributed by atoms with Crippen molar-refractivity contribution in [1.82, 2.24) is 19.9 Å². The summed E-state index contributed by atoms with van der Waals surface area (Å²) in [4.78, 5) is 25.5.